The molecule has 0 aliphatic rings. The van der Waals surface area contributed by atoms with Gasteiger partial charge in [-0.1, -0.05) is 36.7 Å². The molecule has 0 radical (unpaired) electrons. The molecule has 21 heavy (non-hydrogen) atoms. The Balaban J connectivity index is 2.22. The van der Waals surface area contributed by atoms with Gasteiger partial charge in [0.2, 0.25) is 0 Å². The Bertz CT molecular complexity index is 599. The van der Waals surface area contributed by atoms with Gasteiger partial charge in [0.05, 0.1) is 11.6 Å². The summed E-state index contributed by atoms with van der Waals surface area (Å²) in [7, 11) is 0. The first-order valence-electron chi connectivity index (χ1n) is 7.06. The van der Waals surface area contributed by atoms with Crippen LogP contribution in [0.5, 0.6) is 17.2 Å². The highest BCUT2D eigenvalue weighted by Crippen LogP contribution is 2.35. The number of nitrogens with two attached hydrogens (primary N) is 1. The number of hydrogen-bond acceptors (Lipinski definition) is 3. The summed E-state index contributed by atoms with van der Waals surface area (Å²) in [5.41, 5.74) is 6.82. The molecule has 3 nitrogen and oxygen atoms in total. The zero-order chi connectivity index (χ0) is 15.2. The van der Waals surface area contributed by atoms with Crippen molar-refractivity contribution in [2.45, 2.75) is 26.3 Å². The molecule has 0 aliphatic carbocycles. The second-order valence-electron chi connectivity index (χ2n) is 4.88. The predicted molar refractivity (Wildman–Crippen MR) is 86.4 cm³/mol. The van der Waals surface area contributed by atoms with Gasteiger partial charge in [0.25, 0.3) is 0 Å². The van der Waals surface area contributed by atoms with Crippen LogP contribution in [0.25, 0.3) is 0 Å². The summed E-state index contributed by atoms with van der Waals surface area (Å²) in [4.78, 5) is 0. The van der Waals surface area contributed by atoms with Crippen molar-refractivity contribution in [3.8, 4) is 17.2 Å². The second kappa shape index (κ2) is 7.34. The third-order valence-electron chi connectivity index (χ3n) is 3.01. The van der Waals surface area contributed by atoms with Crippen LogP contribution in [0.3, 0.4) is 0 Å². The molecule has 0 heterocycles. The summed E-state index contributed by atoms with van der Waals surface area (Å²) in [6, 6.07) is 13.1. The number of benzene rings is 2. The van der Waals surface area contributed by atoms with Gasteiger partial charge in [-0.2, -0.15) is 0 Å². The monoisotopic (exact) mass is 305 g/mol. The van der Waals surface area contributed by atoms with E-state index in [1.54, 1.807) is 0 Å². The van der Waals surface area contributed by atoms with E-state index in [1.165, 1.54) is 0 Å². The lowest BCUT2D eigenvalue weighted by molar-refractivity contribution is 0.302. The first kappa shape index (κ1) is 15.7. The molecule has 1 atom stereocenters. The van der Waals surface area contributed by atoms with Crippen molar-refractivity contribution >= 4 is 11.6 Å². The normalized spacial score (nSPS) is 12.0. The van der Waals surface area contributed by atoms with Crippen LogP contribution >= 0.6 is 11.6 Å². The summed E-state index contributed by atoms with van der Waals surface area (Å²) in [6.07, 6.45) is 0.943. The van der Waals surface area contributed by atoms with E-state index in [0.29, 0.717) is 28.9 Å². The second-order valence-corrected chi connectivity index (χ2v) is 5.28. The number of rotatable bonds is 6. The lowest BCUT2D eigenvalue weighted by Gasteiger charge is -2.14. The Morgan fingerprint density at radius 3 is 2.43 bits per heavy atom. The fraction of sp³-hybridized carbons (Fsp3) is 0.294. The SMILES string of the molecule is CCCOc1ccccc1Oc1ccc([C@@H](C)N)cc1Cl. The van der Waals surface area contributed by atoms with E-state index in [4.69, 9.17) is 26.8 Å². The maximum atomic E-state index is 6.26. The van der Waals surface area contributed by atoms with E-state index >= 15 is 0 Å². The summed E-state index contributed by atoms with van der Waals surface area (Å²) < 4.78 is 11.5. The van der Waals surface area contributed by atoms with Crippen molar-refractivity contribution in [2.75, 3.05) is 6.61 Å². The molecule has 0 fully saturated rings. The van der Waals surface area contributed by atoms with Gasteiger partial charge in [0, 0.05) is 6.04 Å². The van der Waals surface area contributed by atoms with Crippen molar-refractivity contribution in [2.24, 2.45) is 5.73 Å². The van der Waals surface area contributed by atoms with Crippen LogP contribution in [-0.4, -0.2) is 6.61 Å². The minimum absolute atomic E-state index is 0.0586. The van der Waals surface area contributed by atoms with Gasteiger partial charge in [-0.3, -0.25) is 0 Å². The predicted octanol–water partition coefficient (Wildman–Crippen LogP) is 4.94. The van der Waals surface area contributed by atoms with Crippen molar-refractivity contribution < 1.29 is 9.47 Å². The molecule has 0 aromatic heterocycles. The fourth-order valence-electron chi connectivity index (χ4n) is 1.87. The van der Waals surface area contributed by atoms with Crippen LogP contribution in [0, 0.1) is 0 Å². The lowest BCUT2D eigenvalue weighted by Crippen LogP contribution is -2.04. The first-order valence-corrected chi connectivity index (χ1v) is 7.44. The molecule has 0 amide bonds. The molecule has 0 spiro atoms. The standard InChI is InChI=1S/C17H20ClNO2/c1-3-10-20-16-6-4-5-7-17(16)21-15-9-8-13(12(2)19)11-14(15)18/h4-9,11-12H,3,10,19H2,1-2H3/t12-/m1/s1. The van der Waals surface area contributed by atoms with Gasteiger partial charge in [-0.15, -0.1) is 0 Å². The maximum Gasteiger partial charge on any atom is 0.169 e. The first-order chi connectivity index (χ1) is 10.1. The summed E-state index contributed by atoms with van der Waals surface area (Å²) in [6.45, 7) is 4.63. The molecule has 0 bridgehead atoms. The average molecular weight is 306 g/mol. The molecule has 2 N–H and O–H groups in total. The Labute approximate surface area is 130 Å². The largest absolute Gasteiger partial charge is 0.490 e. The van der Waals surface area contributed by atoms with Gasteiger partial charge >= 0.3 is 0 Å². The third-order valence-corrected chi connectivity index (χ3v) is 3.31. The van der Waals surface area contributed by atoms with Crippen LogP contribution in [-0.2, 0) is 0 Å². The number of hydrogen-bond donors (Lipinski definition) is 1. The summed E-state index contributed by atoms with van der Waals surface area (Å²) in [5.74, 6) is 1.96. The zero-order valence-electron chi connectivity index (χ0n) is 12.3. The lowest BCUT2D eigenvalue weighted by atomic mass is 10.1. The summed E-state index contributed by atoms with van der Waals surface area (Å²) >= 11 is 6.26. The zero-order valence-corrected chi connectivity index (χ0v) is 13.1. The number of para-hydroxylation sites is 2. The highest BCUT2D eigenvalue weighted by molar-refractivity contribution is 6.32. The molecule has 0 saturated carbocycles. The van der Waals surface area contributed by atoms with E-state index in [1.807, 2.05) is 49.4 Å². The van der Waals surface area contributed by atoms with E-state index in [-0.39, 0.29) is 6.04 Å². The van der Waals surface area contributed by atoms with Gasteiger partial charge in [-0.25, -0.2) is 0 Å². The number of ether oxygens (including phenoxy) is 2. The van der Waals surface area contributed by atoms with E-state index in [0.717, 1.165) is 12.0 Å². The van der Waals surface area contributed by atoms with Crippen LogP contribution in [0.2, 0.25) is 5.02 Å². The van der Waals surface area contributed by atoms with Crippen LogP contribution in [0.15, 0.2) is 42.5 Å². The molecule has 2 aromatic carbocycles. The van der Waals surface area contributed by atoms with Crippen LogP contribution in [0.1, 0.15) is 31.9 Å². The Morgan fingerprint density at radius 1 is 1.10 bits per heavy atom. The van der Waals surface area contributed by atoms with Crippen molar-refractivity contribution in [1.29, 1.82) is 0 Å². The minimum Gasteiger partial charge on any atom is -0.490 e. The Morgan fingerprint density at radius 2 is 1.81 bits per heavy atom. The van der Waals surface area contributed by atoms with E-state index < -0.39 is 0 Å². The molecule has 2 aromatic rings. The molecular formula is C17H20ClNO2. The van der Waals surface area contributed by atoms with Gasteiger partial charge in [-0.05, 0) is 43.2 Å². The van der Waals surface area contributed by atoms with Gasteiger partial charge in [0.15, 0.2) is 11.5 Å². The van der Waals surface area contributed by atoms with Crippen LogP contribution < -0.4 is 15.2 Å². The molecular weight excluding hydrogens is 286 g/mol. The topological polar surface area (TPSA) is 44.5 Å². The van der Waals surface area contributed by atoms with Gasteiger partial charge < -0.3 is 15.2 Å². The smallest absolute Gasteiger partial charge is 0.169 e. The van der Waals surface area contributed by atoms with Gasteiger partial charge in [0.1, 0.15) is 5.75 Å². The van der Waals surface area contributed by atoms with Crippen molar-refractivity contribution in [1.82, 2.24) is 0 Å². The number of halogens is 1. The fourth-order valence-corrected chi connectivity index (χ4v) is 2.09. The molecule has 2 rings (SSSR count). The molecule has 4 heteroatoms. The highest BCUT2D eigenvalue weighted by Gasteiger charge is 2.10. The highest BCUT2D eigenvalue weighted by atomic mass is 35.5. The molecule has 0 unspecified atom stereocenters. The Kier molecular flexibility index (Phi) is 5.48. The molecule has 0 aliphatic heterocycles. The van der Waals surface area contributed by atoms with Crippen molar-refractivity contribution in [3.05, 3.63) is 53.1 Å². The minimum atomic E-state index is -0.0586. The molecule has 0 saturated heterocycles. The van der Waals surface area contributed by atoms with Crippen molar-refractivity contribution in [3.63, 3.8) is 0 Å². The maximum absolute atomic E-state index is 6.26. The average Bonchev–Trinajstić information content (AvgIpc) is 2.48. The third kappa shape index (κ3) is 4.13. The summed E-state index contributed by atoms with van der Waals surface area (Å²) in [5, 5.41) is 0.537. The quantitative estimate of drug-likeness (QED) is 0.822. The van der Waals surface area contributed by atoms with Crippen LogP contribution in [0.4, 0.5) is 0 Å². The van der Waals surface area contributed by atoms with E-state index in [9.17, 15) is 0 Å². The Hall–Kier alpha value is -1.71. The van der Waals surface area contributed by atoms with E-state index in [2.05, 4.69) is 6.92 Å². The molecule has 112 valence electrons.